The Morgan fingerprint density at radius 3 is 2.47 bits per heavy atom. The van der Waals surface area contributed by atoms with Gasteiger partial charge in [0, 0.05) is 55.2 Å². The number of carbonyl (C=O) groups excluding carboxylic acids is 2. The van der Waals surface area contributed by atoms with Crippen molar-refractivity contribution in [3.63, 3.8) is 0 Å². The number of piperazine rings is 1. The zero-order chi connectivity index (χ0) is 23.0. The fraction of sp³-hybridized carbons (Fsp3) is 0.480. The average Bonchev–Trinajstić information content (AvgIpc) is 2.74. The maximum Gasteiger partial charge on any atom is 0.261 e. The number of aromatic amines is 1. The van der Waals surface area contributed by atoms with Crippen LogP contribution in [0.1, 0.15) is 59.2 Å². The number of hydrogen-bond donors (Lipinski definition) is 2. The summed E-state index contributed by atoms with van der Waals surface area (Å²) in [7, 11) is 0. The summed E-state index contributed by atoms with van der Waals surface area (Å²) in [5.41, 5.74) is 3.11. The minimum Gasteiger partial charge on any atom is -0.369 e. The highest BCUT2D eigenvalue weighted by Crippen LogP contribution is 2.33. The van der Waals surface area contributed by atoms with Crippen LogP contribution in [0.25, 0.3) is 0 Å². The Labute approximate surface area is 188 Å². The van der Waals surface area contributed by atoms with E-state index in [0.29, 0.717) is 29.8 Å². The van der Waals surface area contributed by atoms with Crippen LogP contribution in [0.15, 0.2) is 29.1 Å². The van der Waals surface area contributed by atoms with Crippen LogP contribution in [0.3, 0.4) is 0 Å². The van der Waals surface area contributed by atoms with E-state index in [4.69, 9.17) is 0 Å². The summed E-state index contributed by atoms with van der Waals surface area (Å²) in [6, 6.07) is 7.42. The Hall–Kier alpha value is -2.93. The van der Waals surface area contributed by atoms with Crippen LogP contribution in [0.4, 0.5) is 11.4 Å². The molecular weight excluding hydrogens is 404 g/mol. The number of pyridine rings is 1. The van der Waals surface area contributed by atoms with Crippen molar-refractivity contribution in [2.75, 3.05) is 42.9 Å². The molecule has 0 bridgehead atoms. The third-order valence-corrected chi connectivity index (χ3v) is 6.61. The van der Waals surface area contributed by atoms with E-state index in [1.165, 1.54) is 6.07 Å². The number of likely N-dealkylation sites (N-methyl/N-ethyl adjacent to an activating group) is 1. The first-order chi connectivity index (χ1) is 15.2. The van der Waals surface area contributed by atoms with E-state index in [-0.39, 0.29) is 16.8 Å². The predicted octanol–water partition coefficient (Wildman–Crippen LogP) is 3.23. The quantitative estimate of drug-likeness (QED) is 0.769. The first-order valence-electron chi connectivity index (χ1n) is 11.4. The number of hydrogen-bond acceptors (Lipinski definition) is 5. The van der Waals surface area contributed by atoms with Gasteiger partial charge in [-0.05, 0) is 55.1 Å². The molecule has 7 nitrogen and oxygen atoms in total. The van der Waals surface area contributed by atoms with Crippen molar-refractivity contribution in [3.8, 4) is 0 Å². The van der Waals surface area contributed by atoms with Gasteiger partial charge >= 0.3 is 0 Å². The number of carbonyl (C=O) groups is 2. The molecule has 1 fully saturated rings. The molecular formula is C25H32N4O3. The summed E-state index contributed by atoms with van der Waals surface area (Å²) in [5, 5.41) is 2.85. The number of anilines is 2. The van der Waals surface area contributed by atoms with E-state index in [1.54, 1.807) is 0 Å². The lowest BCUT2D eigenvalue weighted by Crippen LogP contribution is -2.46. The molecule has 1 aliphatic heterocycles. The molecule has 0 spiro atoms. The Morgan fingerprint density at radius 2 is 1.81 bits per heavy atom. The van der Waals surface area contributed by atoms with Crippen LogP contribution in [-0.2, 0) is 6.42 Å². The Bertz CT molecular complexity index is 1110. The fourth-order valence-corrected chi connectivity index (χ4v) is 4.69. The van der Waals surface area contributed by atoms with Gasteiger partial charge in [-0.15, -0.1) is 0 Å². The molecule has 0 atom stereocenters. The lowest BCUT2D eigenvalue weighted by Gasteiger charge is -2.35. The summed E-state index contributed by atoms with van der Waals surface area (Å²) in [5.74, 6) is -0.538. The number of fused-ring (bicyclic) bond motifs is 1. The number of nitrogens with one attached hydrogen (secondary N) is 2. The third-order valence-electron chi connectivity index (χ3n) is 6.61. The zero-order valence-electron chi connectivity index (χ0n) is 19.4. The average molecular weight is 437 g/mol. The molecule has 1 amide bonds. The van der Waals surface area contributed by atoms with Crippen LogP contribution < -0.4 is 15.8 Å². The second-order valence-corrected chi connectivity index (χ2v) is 9.72. The summed E-state index contributed by atoms with van der Waals surface area (Å²) in [6.45, 7) is 13.3. The number of amides is 1. The Kier molecular flexibility index (Phi) is 5.95. The minimum absolute atomic E-state index is 0.0315. The minimum atomic E-state index is -0.501. The van der Waals surface area contributed by atoms with Crippen LogP contribution in [0, 0.1) is 12.3 Å². The first-order valence-corrected chi connectivity index (χ1v) is 11.4. The molecule has 1 aromatic heterocycles. The second-order valence-electron chi connectivity index (χ2n) is 9.72. The molecule has 32 heavy (non-hydrogen) atoms. The van der Waals surface area contributed by atoms with Gasteiger partial charge in [0.15, 0.2) is 5.78 Å². The largest absolute Gasteiger partial charge is 0.369 e. The van der Waals surface area contributed by atoms with Gasteiger partial charge in [-0.3, -0.25) is 14.4 Å². The maximum atomic E-state index is 12.9. The molecule has 0 unspecified atom stereocenters. The van der Waals surface area contributed by atoms with Crippen molar-refractivity contribution < 1.29 is 9.59 Å². The molecule has 2 aliphatic rings. The predicted molar refractivity (Wildman–Crippen MR) is 127 cm³/mol. The first kappa shape index (κ1) is 22.3. The van der Waals surface area contributed by atoms with Crippen LogP contribution in [0.2, 0.25) is 0 Å². The molecule has 1 aromatic carbocycles. The number of aromatic nitrogens is 1. The molecule has 1 aliphatic carbocycles. The number of ketones is 1. The molecule has 2 N–H and O–H groups in total. The van der Waals surface area contributed by atoms with Gasteiger partial charge in [0.2, 0.25) is 0 Å². The standard InChI is InChI=1S/C25H32N4O3/c1-5-28-8-10-29(11-9-28)17-6-7-20(16(2)12-17)26-23(31)19-13-18-21(27-24(19)32)14-25(3,4)15-22(18)30/h6-7,12-13H,5,8-11,14-15H2,1-4H3,(H,26,31)(H,27,32). The van der Waals surface area contributed by atoms with Crippen LogP contribution >= 0.6 is 0 Å². The number of benzene rings is 1. The maximum absolute atomic E-state index is 12.9. The molecule has 0 saturated carbocycles. The number of Topliss-reactive ketones (excluding diaryl/α,β-unsaturated/α-hetero) is 1. The molecule has 2 heterocycles. The highest BCUT2D eigenvalue weighted by Gasteiger charge is 2.32. The number of rotatable bonds is 4. The van der Waals surface area contributed by atoms with Gasteiger partial charge < -0.3 is 20.1 Å². The normalized spacial score (nSPS) is 18.4. The lowest BCUT2D eigenvalue weighted by molar-refractivity contribution is 0.0910. The monoisotopic (exact) mass is 436 g/mol. The smallest absolute Gasteiger partial charge is 0.261 e. The van der Waals surface area contributed by atoms with Crippen molar-refractivity contribution in [1.82, 2.24) is 9.88 Å². The van der Waals surface area contributed by atoms with Gasteiger partial charge in [-0.2, -0.15) is 0 Å². The van der Waals surface area contributed by atoms with Crippen molar-refractivity contribution in [1.29, 1.82) is 0 Å². The van der Waals surface area contributed by atoms with Gasteiger partial charge in [0.25, 0.3) is 11.5 Å². The van der Waals surface area contributed by atoms with Gasteiger partial charge in [0.1, 0.15) is 5.56 Å². The molecule has 170 valence electrons. The van der Waals surface area contributed by atoms with Crippen molar-refractivity contribution in [2.45, 2.75) is 40.5 Å². The molecule has 0 radical (unpaired) electrons. The third kappa shape index (κ3) is 4.48. The summed E-state index contributed by atoms with van der Waals surface area (Å²) >= 11 is 0. The summed E-state index contributed by atoms with van der Waals surface area (Å²) in [4.78, 5) is 45.6. The molecule has 1 saturated heterocycles. The molecule has 7 heteroatoms. The zero-order valence-corrected chi connectivity index (χ0v) is 19.4. The summed E-state index contributed by atoms with van der Waals surface area (Å²) < 4.78 is 0. The van der Waals surface area contributed by atoms with E-state index in [1.807, 2.05) is 32.9 Å². The molecule has 2 aromatic rings. The number of nitrogens with zero attached hydrogens (tertiary/aromatic N) is 2. The summed E-state index contributed by atoms with van der Waals surface area (Å²) in [6.07, 6.45) is 1.01. The topological polar surface area (TPSA) is 85.5 Å². The van der Waals surface area contributed by atoms with Gasteiger partial charge in [-0.1, -0.05) is 20.8 Å². The highest BCUT2D eigenvalue weighted by atomic mass is 16.2. The van der Waals surface area contributed by atoms with E-state index >= 15 is 0 Å². The van der Waals surface area contributed by atoms with E-state index in [2.05, 4.69) is 33.1 Å². The number of aryl methyl sites for hydroxylation is 1. The van der Waals surface area contributed by atoms with E-state index < -0.39 is 11.5 Å². The fourth-order valence-electron chi connectivity index (χ4n) is 4.69. The van der Waals surface area contributed by atoms with E-state index in [0.717, 1.165) is 44.0 Å². The van der Waals surface area contributed by atoms with Crippen LogP contribution in [-0.4, -0.2) is 54.3 Å². The van der Waals surface area contributed by atoms with Gasteiger partial charge in [-0.25, -0.2) is 0 Å². The SMILES string of the molecule is CCN1CCN(c2ccc(NC(=O)c3cc4c([nH]c3=O)CC(C)(C)CC4=O)c(C)c2)CC1. The lowest BCUT2D eigenvalue weighted by atomic mass is 9.75. The van der Waals surface area contributed by atoms with Crippen LogP contribution in [0.5, 0.6) is 0 Å². The van der Waals surface area contributed by atoms with E-state index in [9.17, 15) is 14.4 Å². The second kappa shape index (κ2) is 8.54. The Balaban J connectivity index is 1.52. The highest BCUT2D eigenvalue weighted by molar-refractivity contribution is 6.07. The number of H-pyrrole nitrogens is 1. The van der Waals surface area contributed by atoms with Crippen molar-refractivity contribution >= 4 is 23.1 Å². The molecule has 4 rings (SSSR count). The van der Waals surface area contributed by atoms with Crippen molar-refractivity contribution in [3.05, 3.63) is 57.0 Å². The van der Waals surface area contributed by atoms with Crippen molar-refractivity contribution in [2.24, 2.45) is 5.41 Å². The van der Waals surface area contributed by atoms with Gasteiger partial charge in [0.05, 0.1) is 0 Å². The Morgan fingerprint density at radius 1 is 1.09 bits per heavy atom.